The predicted octanol–water partition coefficient (Wildman–Crippen LogP) is 0.701. The Hall–Kier alpha value is -2.18. The normalized spacial score (nSPS) is 18.6. The van der Waals surface area contributed by atoms with Crippen LogP contribution in [0.1, 0.15) is 10.4 Å². The fraction of sp³-hybridized carbons (Fsp3) is 0.333. The van der Waals surface area contributed by atoms with Gasteiger partial charge in [0.2, 0.25) is 0 Å². The Morgan fingerprint density at radius 2 is 2.33 bits per heavy atom. The number of nitrogens with two attached hydrogens (primary N) is 1. The van der Waals surface area contributed by atoms with E-state index in [0.717, 1.165) is 24.0 Å². The van der Waals surface area contributed by atoms with Gasteiger partial charge in [0, 0.05) is 24.7 Å². The molecule has 2 heterocycles. The maximum atomic E-state index is 11.6. The third-order valence-electron chi connectivity index (χ3n) is 3.41. The van der Waals surface area contributed by atoms with Crippen LogP contribution in [-0.4, -0.2) is 43.3 Å². The highest BCUT2D eigenvalue weighted by Gasteiger charge is 2.18. The second-order valence-electron chi connectivity index (χ2n) is 4.89. The summed E-state index contributed by atoms with van der Waals surface area (Å²) in [6.07, 6.45) is 1.42. The Labute approximate surface area is 122 Å². The van der Waals surface area contributed by atoms with Gasteiger partial charge in [-0.05, 0) is 12.1 Å². The summed E-state index contributed by atoms with van der Waals surface area (Å²) in [6, 6.07) is 7.49. The number of carbonyl (C=O) groups is 1. The van der Waals surface area contributed by atoms with Crippen molar-refractivity contribution in [3.63, 3.8) is 0 Å². The van der Waals surface area contributed by atoms with E-state index >= 15 is 0 Å². The number of para-hydroxylation sites is 1. The first kappa shape index (κ1) is 13.8. The largest absolute Gasteiger partial charge is 0.489 e. The minimum absolute atomic E-state index is 0.0357. The van der Waals surface area contributed by atoms with E-state index in [1.807, 2.05) is 24.3 Å². The molecule has 0 aliphatic carbocycles. The van der Waals surface area contributed by atoms with Gasteiger partial charge in [-0.15, -0.1) is 0 Å². The maximum Gasteiger partial charge on any atom is 0.254 e. The van der Waals surface area contributed by atoms with Crippen LogP contribution >= 0.6 is 0 Å². The van der Waals surface area contributed by atoms with Gasteiger partial charge in [-0.2, -0.15) is 0 Å². The van der Waals surface area contributed by atoms with Crippen molar-refractivity contribution in [2.75, 3.05) is 26.3 Å². The number of hydrogen-bond acceptors (Lipinski definition) is 5. The van der Waals surface area contributed by atoms with Gasteiger partial charge in [-0.3, -0.25) is 9.78 Å². The number of primary amides is 1. The Bertz CT molecular complexity index is 654. The Balaban J connectivity index is 1.90. The van der Waals surface area contributed by atoms with E-state index in [4.69, 9.17) is 15.2 Å². The van der Waals surface area contributed by atoms with Gasteiger partial charge in [0.15, 0.2) is 0 Å². The summed E-state index contributed by atoms with van der Waals surface area (Å²) in [5, 5.41) is 4.01. The molecule has 6 nitrogen and oxygen atoms in total. The number of nitrogens with zero attached hydrogens (tertiary/aromatic N) is 1. The van der Waals surface area contributed by atoms with Crippen LogP contribution in [0, 0.1) is 0 Å². The number of pyridine rings is 1. The molecule has 3 N–H and O–H groups in total. The van der Waals surface area contributed by atoms with E-state index in [2.05, 4.69) is 10.3 Å². The number of rotatable bonds is 4. The predicted molar refractivity (Wildman–Crippen MR) is 78.4 cm³/mol. The highest BCUT2D eigenvalue weighted by molar-refractivity contribution is 6.01. The zero-order valence-corrected chi connectivity index (χ0v) is 11.5. The van der Waals surface area contributed by atoms with Crippen molar-refractivity contribution in [2.24, 2.45) is 5.73 Å². The van der Waals surface area contributed by atoms with Crippen LogP contribution < -0.4 is 15.8 Å². The van der Waals surface area contributed by atoms with Crippen LogP contribution in [0.4, 0.5) is 0 Å². The Morgan fingerprint density at radius 1 is 1.48 bits per heavy atom. The summed E-state index contributed by atoms with van der Waals surface area (Å²) >= 11 is 0. The summed E-state index contributed by atoms with van der Waals surface area (Å²) in [5.41, 5.74) is 6.47. The standard InChI is InChI=1S/C15H17N3O3/c16-15(19)12-8-18-13-4-2-1-3-11(13)14(12)21-9-10-7-17-5-6-20-10/h1-4,8,10,17H,5-7,9H2,(H2,16,19). The first-order valence-electron chi connectivity index (χ1n) is 6.88. The first-order chi connectivity index (χ1) is 10.3. The molecule has 0 spiro atoms. The number of amides is 1. The lowest BCUT2D eigenvalue weighted by molar-refractivity contribution is 0.000348. The molecule has 1 fully saturated rings. The minimum Gasteiger partial charge on any atom is -0.489 e. The monoisotopic (exact) mass is 287 g/mol. The average Bonchev–Trinajstić information content (AvgIpc) is 2.53. The summed E-state index contributed by atoms with van der Waals surface area (Å²) in [6.45, 7) is 2.60. The minimum atomic E-state index is -0.550. The molecule has 1 unspecified atom stereocenters. The van der Waals surface area contributed by atoms with Gasteiger partial charge in [0.1, 0.15) is 24.0 Å². The van der Waals surface area contributed by atoms with Crippen molar-refractivity contribution in [2.45, 2.75) is 6.10 Å². The molecule has 1 aliphatic rings. The highest BCUT2D eigenvalue weighted by atomic mass is 16.5. The molecule has 1 aliphatic heterocycles. The zero-order chi connectivity index (χ0) is 14.7. The fourth-order valence-electron chi connectivity index (χ4n) is 2.35. The van der Waals surface area contributed by atoms with E-state index in [1.165, 1.54) is 6.20 Å². The molecular weight excluding hydrogens is 270 g/mol. The molecule has 2 aromatic rings. The van der Waals surface area contributed by atoms with Crippen LogP contribution in [0.2, 0.25) is 0 Å². The second-order valence-corrected chi connectivity index (χ2v) is 4.89. The average molecular weight is 287 g/mol. The third kappa shape index (κ3) is 2.96. The Morgan fingerprint density at radius 3 is 3.10 bits per heavy atom. The van der Waals surface area contributed by atoms with Crippen LogP contribution in [0.5, 0.6) is 5.75 Å². The number of fused-ring (bicyclic) bond motifs is 1. The lowest BCUT2D eigenvalue weighted by Gasteiger charge is -2.24. The molecule has 0 saturated carbocycles. The van der Waals surface area contributed by atoms with Gasteiger partial charge >= 0.3 is 0 Å². The fourth-order valence-corrected chi connectivity index (χ4v) is 2.35. The lowest BCUT2D eigenvalue weighted by atomic mass is 10.1. The summed E-state index contributed by atoms with van der Waals surface area (Å²) in [5.74, 6) is -0.0757. The number of carbonyl (C=O) groups excluding carboxylic acids is 1. The molecule has 110 valence electrons. The van der Waals surface area contributed by atoms with Crippen LogP contribution in [-0.2, 0) is 4.74 Å². The Kier molecular flexibility index (Phi) is 3.98. The van der Waals surface area contributed by atoms with Crippen molar-refractivity contribution in [1.82, 2.24) is 10.3 Å². The molecule has 3 rings (SSSR count). The number of aromatic nitrogens is 1. The van der Waals surface area contributed by atoms with E-state index in [-0.39, 0.29) is 11.7 Å². The number of nitrogens with one attached hydrogen (secondary N) is 1. The number of morpholine rings is 1. The summed E-state index contributed by atoms with van der Waals surface area (Å²) < 4.78 is 11.4. The van der Waals surface area contributed by atoms with E-state index < -0.39 is 5.91 Å². The molecule has 0 bridgehead atoms. The van der Waals surface area contributed by atoms with Crippen molar-refractivity contribution in [3.8, 4) is 5.75 Å². The summed E-state index contributed by atoms with van der Waals surface area (Å²) in [4.78, 5) is 15.8. The molecule has 1 aromatic carbocycles. The molecule has 1 atom stereocenters. The molecular formula is C15H17N3O3. The number of benzene rings is 1. The molecule has 0 radical (unpaired) electrons. The molecule has 1 aromatic heterocycles. The summed E-state index contributed by atoms with van der Waals surface area (Å²) in [7, 11) is 0. The van der Waals surface area contributed by atoms with E-state index in [9.17, 15) is 4.79 Å². The second kappa shape index (κ2) is 6.07. The quantitative estimate of drug-likeness (QED) is 0.864. The van der Waals surface area contributed by atoms with Crippen LogP contribution in [0.15, 0.2) is 30.5 Å². The van der Waals surface area contributed by atoms with Crippen LogP contribution in [0.25, 0.3) is 10.9 Å². The van der Waals surface area contributed by atoms with Gasteiger partial charge in [-0.25, -0.2) is 0 Å². The molecule has 1 saturated heterocycles. The van der Waals surface area contributed by atoms with Crippen molar-refractivity contribution in [1.29, 1.82) is 0 Å². The van der Waals surface area contributed by atoms with Gasteiger partial charge in [0.05, 0.1) is 12.1 Å². The van der Waals surface area contributed by atoms with Crippen molar-refractivity contribution < 1.29 is 14.3 Å². The molecule has 21 heavy (non-hydrogen) atoms. The van der Waals surface area contributed by atoms with Gasteiger partial charge in [-0.1, -0.05) is 12.1 Å². The maximum absolute atomic E-state index is 11.6. The van der Waals surface area contributed by atoms with E-state index in [1.54, 1.807) is 0 Å². The van der Waals surface area contributed by atoms with Gasteiger partial charge in [0.25, 0.3) is 5.91 Å². The van der Waals surface area contributed by atoms with Crippen LogP contribution in [0.3, 0.4) is 0 Å². The number of ether oxygens (including phenoxy) is 2. The molecule has 6 heteroatoms. The smallest absolute Gasteiger partial charge is 0.254 e. The lowest BCUT2D eigenvalue weighted by Crippen LogP contribution is -2.41. The van der Waals surface area contributed by atoms with Crippen molar-refractivity contribution >= 4 is 16.8 Å². The topological polar surface area (TPSA) is 86.5 Å². The third-order valence-corrected chi connectivity index (χ3v) is 3.41. The van der Waals surface area contributed by atoms with Gasteiger partial charge < -0.3 is 20.5 Å². The van der Waals surface area contributed by atoms with E-state index in [0.29, 0.717) is 19.0 Å². The SMILES string of the molecule is NC(=O)c1cnc2ccccc2c1OCC1CNCCO1. The molecule has 1 amide bonds. The van der Waals surface area contributed by atoms with Crippen molar-refractivity contribution in [3.05, 3.63) is 36.0 Å². The first-order valence-corrected chi connectivity index (χ1v) is 6.88. The highest BCUT2D eigenvalue weighted by Crippen LogP contribution is 2.28. The zero-order valence-electron chi connectivity index (χ0n) is 11.5. The number of hydrogen-bond donors (Lipinski definition) is 2.